The van der Waals surface area contributed by atoms with Crippen LogP contribution in [0.15, 0.2) is 48.9 Å². The summed E-state index contributed by atoms with van der Waals surface area (Å²) < 4.78 is 1.99. The van der Waals surface area contributed by atoms with E-state index in [4.69, 9.17) is 5.73 Å². The molecule has 0 radical (unpaired) electrons. The van der Waals surface area contributed by atoms with Crippen molar-refractivity contribution in [2.24, 2.45) is 5.73 Å². The smallest absolute Gasteiger partial charge is 0.272 e. The van der Waals surface area contributed by atoms with E-state index in [-0.39, 0.29) is 11.6 Å². The third-order valence-corrected chi connectivity index (χ3v) is 4.64. The molecule has 8 nitrogen and oxygen atoms in total. The lowest BCUT2D eigenvalue weighted by Gasteiger charge is -2.19. The zero-order valence-electron chi connectivity index (χ0n) is 14.6. The summed E-state index contributed by atoms with van der Waals surface area (Å²) in [5.41, 5.74) is 7.84. The molecule has 1 aromatic carbocycles. The van der Waals surface area contributed by atoms with E-state index in [1.807, 2.05) is 34.9 Å². The zero-order valence-corrected chi connectivity index (χ0v) is 14.6. The number of amides is 2. The highest BCUT2D eigenvalue weighted by molar-refractivity contribution is 5.93. The van der Waals surface area contributed by atoms with Crippen LogP contribution < -0.4 is 5.73 Å². The quantitative estimate of drug-likeness (QED) is 0.752. The molecule has 0 bridgehead atoms. The van der Waals surface area contributed by atoms with Crippen LogP contribution in [0.1, 0.15) is 26.7 Å². The second-order valence-corrected chi connectivity index (χ2v) is 6.25. The molecule has 3 heterocycles. The van der Waals surface area contributed by atoms with Crippen molar-refractivity contribution in [3.8, 4) is 11.4 Å². The molecule has 8 heteroatoms. The Hall–Kier alpha value is -3.55. The highest BCUT2D eigenvalue weighted by Gasteiger charge is 2.27. The molecule has 2 aromatic heterocycles. The summed E-state index contributed by atoms with van der Waals surface area (Å²) in [7, 11) is 0. The van der Waals surface area contributed by atoms with Gasteiger partial charge in [0.2, 0.25) is 0 Å². The van der Waals surface area contributed by atoms with Crippen LogP contribution in [0.2, 0.25) is 0 Å². The molecule has 0 saturated heterocycles. The van der Waals surface area contributed by atoms with Crippen LogP contribution in [0.4, 0.5) is 0 Å². The summed E-state index contributed by atoms with van der Waals surface area (Å²) in [6.45, 7) is 1.48. The normalized spacial score (nSPS) is 13.7. The zero-order chi connectivity index (χ0) is 18.8. The Labute approximate surface area is 155 Å². The van der Waals surface area contributed by atoms with E-state index < -0.39 is 5.91 Å². The molecule has 0 unspecified atom stereocenters. The molecule has 0 atom stereocenters. The maximum atomic E-state index is 12.7. The number of primary amides is 1. The second kappa shape index (κ2) is 6.99. The second-order valence-electron chi connectivity index (χ2n) is 6.25. The standard InChI is InChI=1S/C19H18N6O2/c20-17(26)16-15-7-9-24(19(27)14-6-8-21-12-22-14)10-11-25(15)18(23-16)13-4-2-1-3-5-13/h1-6,8,12H,7,9-11H2,(H2,20,26). The number of aromatic nitrogens is 4. The van der Waals surface area contributed by atoms with Crippen molar-refractivity contribution in [2.45, 2.75) is 13.0 Å². The molecule has 2 N–H and O–H groups in total. The summed E-state index contributed by atoms with van der Waals surface area (Å²) >= 11 is 0. The molecule has 1 aliphatic rings. The predicted octanol–water partition coefficient (Wildman–Crippen LogP) is 1.14. The average molecular weight is 362 g/mol. The van der Waals surface area contributed by atoms with Crippen LogP contribution in [-0.4, -0.2) is 49.3 Å². The molecule has 0 fully saturated rings. The number of benzene rings is 1. The maximum Gasteiger partial charge on any atom is 0.272 e. The van der Waals surface area contributed by atoms with Crippen molar-refractivity contribution < 1.29 is 9.59 Å². The molecule has 2 amide bonds. The number of nitrogens with two attached hydrogens (primary N) is 1. The van der Waals surface area contributed by atoms with Gasteiger partial charge in [0.1, 0.15) is 23.5 Å². The van der Waals surface area contributed by atoms with Gasteiger partial charge in [-0.15, -0.1) is 0 Å². The molecule has 136 valence electrons. The third kappa shape index (κ3) is 3.17. The Morgan fingerprint density at radius 2 is 1.85 bits per heavy atom. The van der Waals surface area contributed by atoms with Crippen LogP contribution in [0.25, 0.3) is 11.4 Å². The summed E-state index contributed by atoms with van der Waals surface area (Å²) in [6.07, 6.45) is 3.40. The molecule has 1 aliphatic heterocycles. The molecule has 0 aliphatic carbocycles. The Morgan fingerprint density at radius 1 is 1.04 bits per heavy atom. The first kappa shape index (κ1) is 16.9. The van der Waals surface area contributed by atoms with E-state index in [2.05, 4.69) is 15.0 Å². The number of carbonyl (C=O) groups is 2. The minimum atomic E-state index is -0.559. The minimum absolute atomic E-state index is 0.155. The van der Waals surface area contributed by atoms with E-state index in [1.54, 1.807) is 17.2 Å². The average Bonchev–Trinajstić information content (AvgIpc) is 2.94. The van der Waals surface area contributed by atoms with Crippen molar-refractivity contribution in [1.29, 1.82) is 0 Å². The highest BCUT2D eigenvalue weighted by atomic mass is 16.2. The van der Waals surface area contributed by atoms with Gasteiger partial charge in [0, 0.05) is 37.8 Å². The van der Waals surface area contributed by atoms with E-state index in [0.29, 0.717) is 37.6 Å². The fourth-order valence-corrected chi connectivity index (χ4v) is 3.34. The van der Waals surface area contributed by atoms with Crippen molar-refractivity contribution in [3.05, 3.63) is 66.0 Å². The van der Waals surface area contributed by atoms with Gasteiger partial charge in [0.25, 0.3) is 11.8 Å². The summed E-state index contributed by atoms with van der Waals surface area (Å²) in [5, 5.41) is 0. The van der Waals surface area contributed by atoms with Gasteiger partial charge in [-0.05, 0) is 6.07 Å². The Bertz CT molecular complexity index is 984. The molecular formula is C19H18N6O2. The monoisotopic (exact) mass is 362 g/mol. The number of hydrogen-bond donors (Lipinski definition) is 1. The van der Waals surface area contributed by atoms with Gasteiger partial charge < -0.3 is 15.2 Å². The van der Waals surface area contributed by atoms with Crippen LogP contribution in [0, 0.1) is 0 Å². The number of imidazole rings is 1. The van der Waals surface area contributed by atoms with Crippen LogP contribution in [0.3, 0.4) is 0 Å². The summed E-state index contributed by atoms with van der Waals surface area (Å²) in [6, 6.07) is 11.2. The van der Waals surface area contributed by atoms with Crippen LogP contribution in [-0.2, 0) is 13.0 Å². The minimum Gasteiger partial charge on any atom is -0.364 e. The van der Waals surface area contributed by atoms with Crippen molar-refractivity contribution in [2.75, 3.05) is 13.1 Å². The first-order valence-electron chi connectivity index (χ1n) is 8.65. The number of fused-ring (bicyclic) bond motifs is 1. The van der Waals surface area contributed by atoms with Gasteiger partial charge in [0.15, 0.2) is 0 Å². The Morgan fingerprint density at radius 3 is 2.56 bits per heavy atom. The molecule has 4 rings (SSSR count). The molecule has 27 heavy (non-hydrogen) atoms. The molecule has 3 aromatic rings. The van der Waals surface area contributed by atoms with Gasteiger partial charge >= 0.3 is 0 Å². The topological polar surface area (TPSA) is 107 Å². The van der Waals surface area contributed by atoms with Gasteiger partial charge in [-0.2, -0.15) is 0 Å². The van der Waals surface area contributed by atoms with Gasteiger partial charge in [-0.3, -0.25) is 9.59 Å². The van der Waals surface area contributed by atoms with E-state index in [9.17, 15) is 9.59 Å². The number of carbonyl (C=O) groups excluding carboxylic acids is 2. The van der Waals surface area contributed by atoms with E-state index in [0.717, 1.165) is 11.3 Å². The first-order chi connectivity index (χ1) is 13.1. The van der Waals surface area contributed by atoms with Gasteiger partial charge in [-0.1, -0.05) is 30.3 Å². The lowest BCUT2D eigenvalue weighted by Crippen LogP contribution is -2.34. The number of rotatable bonds is 3. The molecule has 0 saturated carbocycles. The van der Waals surface area contributed by atoms with Crippen LogP contribution in [0.5, 0.6) is 0 Å². The van der Waals surface area contributed by atoms with E-state index in [1.165, 1.54) is 6.33 Å². The number of hydrogen-bond acceptors (Lipinski definition) is 5. The summed E-state index contributed by atoms with van der Waals surface area (Å²) in [4.78, 5) is 38.7. The Balaban J connectivity index is 1.68. The lowest BCUT2D eigenvalue weighted by molar-refractivity contribution is 0.0753. The van der Waals surface area contributed by atoms with Crippen LogP contribution >= 0.6 is 0 Å². The van der Waals surface area contributed by atoms with Crippen molar-refractivity contribution >= 4 is 11.8 Å². The molecular weight excluding hydrogens is 344 g/mol. The predicted molar refractivity (Wildman–Crippen MR) is 97.8 cm³/mol. The van der Waals surface area contributed by atoms with Crippen molar-refractivity contribution in [1.82, 2.24) is 24.4 Å². The molecule has 0 spiro atoms. The third-order valence-electron chi connectivity index (χ3n) is 4.64. The number of nitrogens with zero attached hydrogens (tertiary/aromatic N) is 5. The Kier molecular flexibility index (Phi) is 4.37. The largest absolute Gasteiger partial charge is 0.364 e. The fourth-order valence-electron chi connectivity index (χ4n) is 3.34. The van der Waals surface area contributed by atoms with E-state index >= 15 is 0 Å². The van der Waals surface area contributed by atoms with Crippen molar-refractivity contribution in [3.63, 3.8) is 0 Å². The van der Waals surface area contributed by atoms with Gasteiger partial charge in [-0.25, -0.2) is 15.0 Å². The highest BCUT2D eigenvalue weighted by Crippen LogP contribution is 2.25. The lowest BCUT2D eigenvalue weighted by atomic mass is 10.2. The van der Waals surface area contributed by atoms with Gasteiger partial charge in [0.05, 0.1) is 5.69 Å². The fraction of sp³-hybridized carbons (Fsp3) is 0.211. The SMILES string of the molecule is NC(=O)c1nc(-c2ccccc2)n2c1CCN(C(=O)c1ccncn1)CC2. The summed E-state index contributed by atoms with van der Waals surface area (Å²) in [5.74, 6) is -0.0229. The maximum absolute atomic E-state index is 12.7. The first-order valence-corrected chi connectivity index (χ1v) is 8.65.